The minimum atomic E-state index is -0.642. The fourth-order valence-electron chi connectivity index (χ4n) is 16.1. The highest BCUT2D eigenvalue weighted by Crippen LogP contribution is 2.61. The lowest BCUT2D eigenvalue weighted by molar-refractivity contribution is 0.306. The summed E-state index contributed by atoms with van der Waals surface area (Å²) in [5.41, 5.74) is 32.4. The number of nitrogens with zero attached hydrogens (tertiary/aromatic N) is 2. The van der Waals surface area contributed by atoms with Gasteiger partial charge in [0.05, 0.1) is 10.8 Å². The average molecular weight is 1290 g/mol. The highest BCUT2D eigenvalue weighted by atomic mass is 16.5. The van der Waals surface area contributed by atoms with Crippen LogP contribution in [0.1, 0.15) is 102 Å². The number of hydrogen-bond acceptors (Lipinski definition) is 4. The number of rotatable bonds is 19. The van der Waals surface area contributed by atoms with Crippen molar-refractivity contribution in [3.63, 3.8) is 0 Å². The summed E-state index contributed by atoms with van der Waals surface area (Å²) in [6.45, 7) is 17.8. The quantitative estimate of drug-likeness (QED) is 0.0806. The molecule has 4 heteroatoms. The normalized spacial score (nSPS) is 15.6. The molecule has 16 rings (SSSR count). The average Bonchev–Trinajstić information content (AvgIpc) is 1.53. The minimum Gasteiger partial charge on any atom is -0.489 e. The van der Waals surface area contributed by atoms with Crippen LogP contribution in [0.4, 0.5) is 28.4 Å². The van der Waals surface area contributed by atoms with Gasteiger partial charge in [-0.15, -0.1) is 0 Å². The van der Waals surface area contributed by atoms with Crippen molar-refractivity contribution in [1.29, 1.82) is 0 Å². The fraction of sp³-hybridized carbons (Fsp3) is 0.104. The molecule has 100 heavy (non-hydrogen) atoms. The van der Waals surface area contributed by atoms with Crippen LogP contribution in [0.3, 0.4) is 0 Å². The molecule has 3 aliphatic rings. The van der Waals surface area contributed by atoms with E-state index in [1.165, 1.54) is 94.7 Å². The van der Waals surface area contributed by atoms with Gasteiger partial charge in [-0.1, -0.05) is 261 Å². The zero-order valence-electron chi connectivity index (χ0n) is 57.1. The van der Waals surface area contributed by atoms with E-state index < -0.39 is 10.8 Å². The van der Waals surface area contributed by atoms with Crippen LogP contribution in [-0.4, -0.2) is 0 Å². The lowest BCUT2D eigenvalue weighted by Gasteiger charge is -2.38. The van der Waals surface area contributed by atoms with Gasteiger partial charge in [0.1, 0.15) is 24.7 Å². The Kier molecular flexibility index (Phi) is 16.6. The first kappa shape index (κ1) is 62.8. The predicted molar refractivity (Wildman–Crippen MR) is 417 cm³/mol. The van der Waals surface area contributed by atoms with E-state index in [1.807, 2.05) is 12.2 Å². The van der Waals surface area contributed by atoms with Crippen molar-refractivity contribution in [2.24, 2.45) is 0 Å². The molecule has 13 aromatic rings. The van der Waals surface area contributed by atoms with Crippen molar-refractivity contribution in [2.75, 3.05) is 9.80 Å². The third kappa shape index (κ3) is 11.2. The van der Waals surface area contributed by atoms with Crippen LogP contribution < -0.4 is 19.3 Å². The smallest absolute Gasteiger partial charge is 0.119 e. The molecule has 0 saturated carbocycles. The van der Waals surface area contributed by atoms with E-state index in [9.17, 15) is 0 Å². The van der Waals surface area contributed by atoms with Crippen LogP contribution in [0.15, 0.2) is 340 Å². The molecule has 2 atom stereocenters. The van der Waals surface area contributed by atoms with E-state index in [-0.39, 0.29) is 0 Å². The highest BCUT2D eigenvalue weighted by Gasteiger charge is 2.50. The second kappa shape index (κ2) is 26.5. The van der Waals surface area contributed by atoms with Gasteiger partial charge in [-0.2, -0.15) is 0 Å². The summed E-state index contributed by atoms with van der Waals surface area (Å²) in [7, 11) is 0. The van der Waals surface area contributed by atoms with E-state index in [1.54, 1.807) is 0 Å². The maximum Gasteiger partial charge on any atom is 0.119 e. The monoisotopic (exact) mass is 1290 g/mol. The van der Waals surface area contributed by atoms with Crippen LogP contribution >= 0.6 is 0 Å². The molecule has 0 fully saturated rings. The zero-order valence-corrected chi connectivity index (χ0v) is 57.1. The lowest BCUT2D eigenvalue weighted by Crippen LogP contribution is -2.31. The van der Waals surface area contributed by atoms with Crippen LogP contribution in [0.2, 0.25) is 0 Å². The van der Waals surface area contributed by atoms with Crippen LogP contribution in [-0.2, 0) is 24.0 Å². The van der Waals surface area contributed by atoms with Crippen molar-refractivity contribution in [2.45, 2.75) is 64.6 Å². The molecule has 0 heterocycles. The Labute approximate surface area is 589 Å². The molecule has 2 unspecified atom stereocenters. The Hall–Kier alpha value is -12.0. The van der Waals surface area contributed by atoms with Crippen molar-refractivity contribution >= 4 is 46.2 Å². The Balaban J connectivity index is 0.745. The second-order valence-electron chi connectivity index (χ2n) is 26.9. The molecule has 0 N–H and O–H groups in total. The molecule has 0 bridgehead atoms. The first-order valence-electron chi connectivity index (χ1n) is 34.8. The molecule has 0 amide bonds. The van der Waals surface area contributed by atoms with E-state index >= 15 is 0 Å². The van der Waals surface area contributed by atoms with Gasteiger partial charge in [-0.25, -0.2) is 0 Å². The van der Waals surface area contributed by atoms with E-state index in [4.69, 9.17) is 9.47 Å². The summed E-state index contributed by atoms with van der Waals surface area (Å²) in [5.74, 6) is 1.66. The number of aryl methyl sites for hydroxylation is 4. The van der Waals surface area contributed by atoms with Crippen molar-refractivity contribution in [3.05, 3.63) is 429 Å². The predicted octanol–water partition coefficient (Wildman–Crippen LogP) is 24.5. The topological polar surface area (TPSA) is 24.9 Å². The maximum absolute atomic E-state index is 6.48. The summed E-state index contributed by atoms with van der Waals surface area (Å²) < 4.78 is 13.0. The van der Waals surface area contributed by atoms with E-state index in [0.717, 1.165) is 86.2 Å². The second-order valence-corrected chi connectivity index (χ2v) is 26.9. The molecule has 0 saturated heterocycles. The van der Waals surface area contributed by atoms with Crippen LogP contribution in [0.25, 0.3) is 40.0 Å². The number of anilines is 5. The Morgan fingerprint density at radius 1 is 0.350 bits per heavy atom. The number of benzene rings is 13. The van der Waals surface area contributed by atoms with Gasteiger partial charge in [0.25, 0.3) is 0 Å². The first-order chi connectivity index (χ1) is 49.1. The molecular formula is C96H78N2O2. The first-order valence-corrected chi connectivity index (χ1v) is 34.8. The SMILES string of the molecule is C=Cc1ccc(COc2ccc(C3(c4ccc(C)cc4C)C4=C(CCC(N(c5ccccc5)c5ccc(-c6ccc(N(c7ccccc7)c7ccc8c(c7)C(c7ccc(OCc9ccc(C=C)cc9)cc7)(c7cc(C)ccc7C)c7ccccc7-8)cc6)cc5)=C4)c4ccccc43)cc2)cc1. The molecule has 0 radical (unpaired) electrons. The molecule has 13 aromatic carbocycles. The van der Waals surface area contributed by atoms with Crippen molar-refractivity contribution in [1.82, 2.24) is 0 Å². The van der Waals surface area contributed by atoms with Gasteiger partial charge in [-0.05, 0) is 243 Å². The van der Waals surface area contributed by atoms with E-state index in [0.29, 0.717) is 13.2 Å². The van der Waals surface area contributed by atoms with E-state index in [2.05, 4.69) is 366 Å². The number of hydrogen-bond donors (Lipinski definition) is 0. The summed E-state index contributed by atoms with van der Waals surface area (Å²) in [6, 6.07) is 114. The highest BCUT2D eigenvalue weighted by molar-refractivity contribution is 5.92. The van der Waals surface area contributed by atoms with Gasteiger partial charge in [0.15, 0.2) is 0 Å². The molecule has 4 nitrogen and oxygen atoms in total. The molecule has 484 valence electrons. The standard InChI is InChI=1S/C96H78N2O2/c1-7-69-30-34-71(35-31-69)63-99-83-52-42-75(43-53-83)95(89-58-28-65(3)59-68(89)6)90-25-17-15-23-85(90)87-56-50-81(61-93(87)95)97(77-19-11-9-12-20-77)79-46-38-73(39-47-79)74-40-48-80(49-41-74)98(78-21-13-10-14-22-78)82-51-57-88-86-24-16-18-26-91(86)96(94(88)62-82,92-60-66(4)27-29-67(92)5)76-44-54-84(55-45-76)100-64-72-36-32-70(8-2)33-37-72/h7-49,51-55,57-62H,1-2,50,56,63-64H2,3-6H3. The van der Waals surface area contributed by atoms with Crippen LogP contribution in [0.5, 0.6) is 11.5 Å². The summed E-state index contributed by atoms with van der Waals surface area (Å²) in [4.78, 5) is 4.90. The molecule has 3 aliphatic carbocycles. The Bertz CT molecular complexity index is 5280. The van der Waals surface area contributed by atoms with Gasteiger partial charge in [0.2, 0.25) is 0 Å². The van der Waals surface area contributed by atoms with Crippen LogP contribution in [0, 0.1) is 27.7 Å². The van der Waals surface area contributed by atoms with Gasteiger partial charge >= 0.3 is 0 Å². The van der Waals surface area contributed by atoms with Gasteiger partial charge < -0.3 is 19.3 Å². The van der Waals surface area contributed by atoms with Crippen molar-refractivity contribution < 1.29 is 9.47 Å². The number of fused-ring (bicyclic) bond motifs is 5. The molecule has 0 aliphatic heterocycles. The zero-order chi connectivity index (χ0) is 67.9. The maximum atomic E-state index is 6.48. The largest absolute Gasteiger partial charge is 0.489 e. The van der Waals surface area contributed by atoms with Gasteiger partial charge in [-0.3, -0.25) is 0 Å². The summed E-state index contributed by atoms with van der Waals surface area (Å²) in [6.07, 6.45) is 8.04. The number of ether oxygens (including phenoxy) is 2. The molecule has 0 spiro atoms. The number of para-hydroxylation sites is 2. The number of allylic oxidation sites excluding steroid dienone is 4. The molecular weight excluding hydrogens is 1210 g/mol. The summed E-state index contributed by atoms with van der Waals surface area (Å²) in [5, 5.41) is 0. The molecule has 0 aromatic heterocycles. The Morgan fingerprint density at radius 3 is 1.39 bits per heavy atom. The third-order valence-corrected chi connectivity index (χ3v) is 20.9. The fourth-order valence-corrected chi connectivity index (χ4v) is 16.1. The third-order valence-electron chi connectivity index (χ3n) is 20.9. The van der Waals surface area contributed by atoms with Gasteiger partial charge in [0, 0.05) is 34.1 Å². The van der Waals surface area contributed by atoms with Crippen molar-refractivity contribution in [3.8, 4) is 33.8 Å². The Morgan fingerprint density at radius 2 is 0.820 bits per heavy atom. The minimum absolute atomic E-state index is 0.472. The lowest BCUT2D eigenvalue weighted by atomic mass is 9.65. The summed E-state index contributed by atoms with van der Waals surface area (Å²) >= 11 is 0.